The molecule has 0 aliphatic heterocycles. The van der Waals surface area contributed by atoms with Crippen molar-refractivity contribution in [2.24, 2.45) is 0 Å². The number of aliphatic hydroxyl groups is 1. The van der Waals surface area contributed by atoms with Crippen molar-refractivity contribution >= 4 is 0 Å². The van der Waals surface area contributed by atoms with Crippen LogP contribution in [0.4, 0.5) is 0 Å². The lowest BCUT2D eigenvalue weighted by Gasteiger charge is -2.29. The van der Waals surface area contributed by atoms with Crippen LogP contribution in [0.25, 0.3) is 0 Å². The Morgan fingerprint density at radius 2 is 1.82 bits per heavy atom. The van der Waals surface area contributed by atoms with Crippen molar-refractivity contribution in [3.8, 4) is 0 Å². The first-order chi connectivity index (χ1) is 4.89. The van der Waals surface area contributed by atoms with E-state index in [1.807, 2.05) is 20.8 Å². The molecule has 0 saturated carbocycles. The van der Waals surface area contributed by atoms with E-state index in [1.54, 1.807) is 6.92 Å². The maximum Gasteiger partial charge on any atom is 0.0810 e. The largest absolute Gasteiger partial charge is 0.391 e. The van der Waals surface area contributed by atoms with Gasteiger partial charge in [0.15, 0.2) is 0 Å². The highest BCUT2D eigenvalue weighted by Crippen LogP contribution is 2.17. The highest BCUT2D eigenvalue weighted by Gasteiger charge is 2.21. The minimum absolute atomic E-state index is 0.0788. The quantitative estimate of drug-likeness (QED) is 0.681. The van der Waals surface area contributed by atoms with Gasteiger partial charge in [0.2, 0.25) is 0 Å². The molecule has 2 nitrogen and oxygen atoms in total. The standard InChI is InChI=1S/C9H20O2/c1-6-9(4,5)11-8(3)7(2)10/h7-8,10H,6H2,1-5H3/t7-,8?/m1/s1. The number of hydrogen-bond donors (Lipinski definition) is 1. The summed E-state index contributed by atoms with van der Waals surface area (Å²) in [5.74, 6) is 0. The summed E-state index contributed by atoms with van der Waals surface area (Å²) < 4.78 is 5.60. The van der Waals surface area contributed by atoms with Crippen molar-refractivity contribution in [1.29, 1.82) is 0 Å². The van der Waals surface area contributed by atoms with Crippen LogP contribution in [0.1, 0.15) is 41.0 Å². The van der Waals surface area contributed by atoms with Crippen LogP contribution >= 0.6 is 0 Å². The van der Waals surface area contributed by atoms with Gasteiger partial charge >= 0.3 is 0 Å². The summed E-state index contributed by atoms with van der Waals surface area (Å²) in [6.07, 6.45) is 0.495. The second-order valence-electron chi connectivity index (χ2n) is 3.68. The summed E-state index contributed by atoms with van der Waals surface area (Å²) in [5, 5.41) is 9.15. The molecule has 0 aliphatic rings. The fourth-order valence-corrected chi connectivity index (χ4v) is 0.685. The summed E-state index contributed by atoms with van der Waals surface area (Å²) in [5.41, 5.74) is -0.115. The Kier molecular flexibility index (Phi) is 4.04. The molecule has 0 aliphatic carbocycles. The molecule has 2 heteroatoms. The van der Waals surface area contributed by atoms with Gasteiger partial charge in [0.1, 0.15) is 0 Å². The minimum atomic E-state index is -0.388. The third-order valence-corrected chi connectivity index (χ3v) is 2.04. The molecule has 0 fully saturated rings. The first-order valence-electron chi connectivity index (χ1n) is 4.25. The van der Waals surface area contributed by atoms with E-state index in [0.29, 0.717) is 0 Å². The van der Waals surface area contributed by atoms with E-state index in [4.69, 9.17) is 9.84 Å². The maximum absolute atomic E-state index is 9.15. The number of hydrogen-bond acceptors (Lipinski definition) is 2. The molecule has 0 amide bonds. The van der Waals surface area contributed by atoms with Crippen LogP contribution in [0.15, 0.2) is 0 Å². The van der Waals surface area contributed by atoms with E-state index < -0.39 is 0 Å². The summed E-state index contributed by atoms with van der Waals surface area (Å²) in [6.45, 7) is 9.78. The Morgan fingerprint density at radius 3 is 2.09 bits per heavy atom. The second-order valence-corrected chi connectivity index (χ2v) is 3.68. The highest BCUT2D eigenvalue weighted by molar-refractivity contribution is 4.69. The molecular formula is C9H20O2. The molecule has 0 radical (unpaired) electrons. The molecule has 1 N–H and O–H groups in total. The lowest BCUT2D eigenvalue weighted by Crippen LogP contribution is -2.34. The van der Waals surface area contributed by atoms with Crippen LogP contribution in [0, 0.1) is 0 Å². The Labute approximate surface area is 69.6 Å². The molecule has 0 bridgehead atoms. The lowest BCUT2D eigenvalue weighted by atomic mass is 10.1. The molecule has 0 aromatic heterocycles. The van der Waals surface area contributed by atoms with Gasteiger partial charge in [-0.1, -0.05) is 6.92 Å². The van der Waals surface area contributed by atoms with Crippen molar-refractivity contribution in [2.75, 3.05) is 0 Å². The topological polar surface area (TPSA) is 29.5 Å². The first-order valence-corrected chi connectivity index (χ1v) is 4.25. The minimum Gasteiger partial charge on any atom is -0.391 e. The summed E-state index contributed by atoms with van der Waals surface area (Å²) in [6, 6.07) is 0. The van der Waals surface area contributed by atoms with E-state index in [9.17, 15) is 0 Å². The van der Waals surface area contributed by atoms with E-state index in [0.717, 1.165) is 6.42 Å². The zero-order valence-electron chi connectivity index (χ0n) is 8.22. The van der Waals surface area contributed by atoms with Crippen LogP contribution in [-0.4, -0.2) is 22.9 Å². The van der Waals surface area contributed by atoms with Crippen molar-refractivity contribution < 1.29 is 9.84 Å². The van der Waals surface area contributed by atoms with Crippen LogP contribution in [-0.2, 0) is 4.74 Å². The van der Waals surface area contributed by atoms with E-state index in [-0.39, 0.29) is 17.8 Å². The smallest absolute Gasteiger partial charge is 0.0810 e. The number of aliphatic hydroxyl groups excluding tert-OH is 1. The summed E-state index contributed by atoms with van der Waals surface area (Å²) >= 11 is 0. The van der Waals surface area contributed by atoms with Crippen LogP contribution in [0.3, 0.4) is 0 Å². The van der Waals surface area contributed by atoms with Gasteiger partial charge < -0.3 is 9.84 Å². The molecule has 0 aromatic rings. The van der Waals surface area contributed by atoms with Gasteiger partial charge in [-0.05, 0) is 34.1 Å². The maximum atomic E-state index is 9.15. The Balaban J connectivity index is 3.83. The Hall–Kier alpha value is -0.0800. The summed E-state index contributed by atoms with van der Waals surface area (Å²) in [7, 11) is 0. The normalized spacial score (nSPS) is 18.0. The zero-order chi connectivity index (χ0) is 9.07. The second kappa shape index (κ2) is 4.07. The highest BCUT2D eigenvalue weighted by atomic mass is 16.5. The van der Waals surface area contributed by atoms with Crippen molar-refractivity contribution in [3.63, 3.8) is 0 Å². The van der Waals surface area contributed by atoms with Gasteiger partial charge in [-0.2, -0.15) is 0 Å². The Bertz CT molecular complexity index is 108. The van der Waals surface area contributed by atoms with Gasteiger partial charge in [0, 0.05) is 0 Å². The number of ether oxygens (including phenoxy) is 1. The van der Waals surface area contributed by atoms with Gasteiger partial charge in [-0.15, -0.1) is 0 Å². The van der Waals surface area contributed by atoms with Crippen molar-refractivity contribution in [2.45, 2.75) is 58.8 Å². The first kappa shape index (κ1) is 10.9. The van der Waals surface area contributed by atoms with Crippen molar-refractivity contribution in [3.05, 3.63) is 0 Å². The van der Waals surface area contributed by atoms with E-state index in [1.165, 1.54) is 0 Å². The number of rotatable bonds is 4. The predicted octanol–water partition coefficient (Wildman–Crippen LogP) is 1.96. The monoisotopic (exact) mass is 160 g/mol. The molecule has 0 heterocycles. The molecule has 1 unspecified atom stereocenters. The zero-order valence-corrected chi connectivity index (χ0v) is 8.22. The third kappa shape index (κ3) is 4.38. The molecule has 0 spiro atoms. The average molecular weight is 160 g/mol. The van der Waals surface area contributed by atoms with Gasteiger partial charge in [-0.25, -0.2) is 0 Å². The molecule has 68 valence electrons. The SMILES string of the molecule is CCC(C)(C)OC(C)[C@@H](C)O. The molecule has 0 saturated heterocycles. The van der Waals surface area contributed by atoms with Gasteiger partial charge in [0.05, 0.1) is 17.8 Å². The van der Waals surface area contributed by atoms with Gasteiger partial charge in [-0.3, -0.25) is 0 Å². The summed E-state index contributed by atoms with van der Waals surface area (Å²) in [4.78, 5) is 0. The molecule has 0 aromatic carbocycles. The predicted molar refractivity (Wildman–Crippen MR) is 46.6 cm³/mol. The molecule has 0 rings (SSSR count). The third-order valence-electron chi connectivity index (χ3n) is 2.04. The van der Waals surface area contributed by atoms with E-state index >= 15 is 0 Å². The lowest BCUT2D eigenvalue weighted by molar-refractivity contribution is -0.107. The van der Waals surface area contributed by atoms with Crippen LogP contribution in [0.2, 0.25) is 0 Å². The average Bonchev–Trinajstić information content (AvgIpc) is 1.87. The fraction of sp³-hybridized carbons (Fsp3) is 1.00. The molecular weight excluding hydrogens is 140 g/mol. The van der Waals surface area contributed by atoms with Crippen LogP contribution < -0.4 is 0 Å². The molecule has 11 heavy (non-hydrogen) atoms. The Morgan fingerprint density at radius 1 is 1.36 bits per heavy atom. The van der Waals surface area contributed by atoms with E-state index in [2.05, 4.69) is 6.92 Å². The molecule has 2 atom stereocenters. The fourth-order valence-electron chi connectivity index (χ4n) is 0.685. The van der Waals surface area contributed by atoms with Crippen molar-refractivity contribution in [1.82, 2.24) is 0 Å². The van der Waals surface area contributed by atoms with Crippen LogP contribution in [0.5, 0.6) is 0 Å². The van der Waals surface area contributed by atoms with Gasteiger partial charge in [0.25, 0.3) is 0 Å².